The third kappa shape index (κ3) is 4.13. The van der Waals surface area contributed by atoms with Crippen molar-refractivity contribution in [2.45, 2.75) is 40.2 Å². The quantitative estimate of drug-likeness (QED) is 0.632. The zero-order valence-electron chi connectivity index (χ0n) is 12.0. The van der Waals surface area contributed by atoms with Crippen LogP contribution in [0.2, 0.25) is 0 Å². The lowest BCUT2D eigenvalue weighted by Gasteiger charge is -2.12. The number of aromatic nitrogens is 2. The predicted octanol–water partition coefficient (Wildman–Crippen LogP) is 2.43. The Hall–Kier alpha value is -1.75. The molecule has 5 nitrogen and oxygen atoms in total. The Balaban J connectivity index is 3.06. The van der Waals surface area contributed by atoms with E-state index in [1.165, 1.54) is 6.33 Å². The Bertz CT molecular complexity index is 482. The molecule has 1 heterocycles. The third-order valence-electron chi connectivity index (χ3n) is 2.80. The minimum absolute atomic E-state index is 0.147. The second-order valence-electron chi connectivity index (χ2n) is 4.17. The molecule has 0 atom stereocenters. The first kappa shape index (κ1) is 15.3. The molecule has 0 radical (unpaired) electrons. The average molecular weight is 263 g/mol. The Labute approximate surface area is 114 Å². The minimum Gasteiger partial charge on any atom is -0.437 e. The van der Waals surface area contributed by atoms with Crippen molar-refractivity contribution in [1.82, 2.24) is 9.97 Å². The first-order valence-electron chi connectivity index (χ1n) is 6.37. The number of aliphatic imine (C=N–C) groups is 1. The zero-order valence-corrected chi connectivity index (χ0v) is 12.0. The Morgan fingerprint density at radius 1 is 1.47 bits per heavy atom. The van der Waals surface area contributed by atoms with Crippen molar-refractivity contribution in [3.63, 3.8) is 0 Å². The summed E-state index contributed by atoms with van der Waals surface area (Å²) in [4.78, 5) is 12.3. The van der Waals surface area contributed by atoms with Crippen LogP contribution < -0.4 is 4.74 Å². The molecule has 0 fully saturated rings. The highest BCUT2D eigenvalue weighted by atomic mass is 16.5. The maximum absolute atomic E-state index is 9.37. The Morgan fingerprint density at radius 2 is 2.21 bits per heavy atom. The molecule has 0 bridgehead atoms. The van der Waals surface area contributed by atoms with Gasteiger partial charge in [-0.05, 0) is 26.3 Å². The minimum atomic E-state index is -0.147. The molecule has 0 aliphatic heterocycles. The number of nitrogens with zero attached hydrogens (tertiary/aromatic N) is 3. The van der Waals surface area contributed by atoms with Gasteiger partial charge in [0.05, 0.1) is 23.6 Å². The summed E-state index contributed by atoms with van der Waals surface area (Å²) in [6, 6.07) is 0. The Morgan fingerprint density at radius 3 is 2.79 bits per heavy atom. The number of hydrogen-bond donors (Lipinski definition) is 1. The van der Waals surface area contributed by atoms with Crippen LogP contribution in [0, 0.1) is 6.92 Å². The summed E-state index contributed by atoms with van der Waals surface area (Å²) in [5.41, 5.74) is 2.12. The van der Waals surface area contributed by atoms with E-state index < -0.39 is 0 Å². The van der Waals surface area contributed by atoms with Gasteiger partial charge in [0.2, 0.25) is 5.88 Å². The second kappa shape index (κ2) is 7.63. The topological polar surface area (TPSA) is 67.6 Å². The van der Waals surface area contributed by atoms with Crippen LogP contribution in [0.25, 0.3) is 0 Å². The summed E-state index contributed by atoms with van der Waals surface area (Å²) in [6.45, 7) is 5.65. The fourth-order valence-electron chi connectivity index (χ4n) is 1.50. The molecule has 0 saturated heterocycles. The lowest BCUT2D eigenvalue weighted by atomic mass is 10.2. The largest absolute Gasteiger partial charge is 0.437 e. The summed E-state index contributed by atoms with van der Waals surface area (Å²) < 4.78 is 5.79. The average Bonchev–Trinajstić information content (AvgIpc) is 2.42. The van der Waals surface area contributed by atoms with Gasteiger partial charge in [0.1, 0.15) is 12.1 Å². The molecule has 0 aliphatic carbocycles. The van der Waals surface area contributed by atoms with Gasteiger partial charge in [0.25, 0.3) is 0 Å². The van der Waals surface area contributed by atoms with Gasteiger partial charge < -0.3 is 9.84 Å². The van der Waals surface area contributed by atoms with E-state index in [-0.39, 0.29) is 6.61 Å². The highest BCUT2D eigenvalue weighted by Gasteiger charge is 2.12. The van der Waals surface area contributed by atoms with Gasteiger partial charge in [0, 0.05) is 7.05 Å². The third-order valence-corrected chi connectivity index (χ3v) is 2.80. The van der Waals surface area contributed by atoms with Crippen molar-refractivity contribution in [3.8, 4) is 5.88 Å². The van der Waals surface area contributed by atoms with Gasteiger partial charge >= 0.3 is 0 Å². The first-order chi connectivity index (χ1) is 9.13. The lowest BCUT2D eigenvalue weighted by Crippen LogP contribution is -2.09. The molecule has 1 rings (SSSR count). The summed E-state index contributed by atoms with van der Waals surface area (Å²) in [6.07, 6.45) is 5.35. The molecule has 19 heavy (non-hydrogen) atoms. The lowest BCUT2D eigenvalue weighted by molar-refractivity contribution is 0.272. The highest BCUT2D eigenvalue weighted by molar-refractivity contribution is 5.96. The van der Waals surface area contributed by atoms with Crippen LogP contribution in [0.15, 0.2) is 23.2 Å². The molecular weight excluding hydrogens is 242 g/mol. The van der Waals surface area contributed by atoms with E-state index in [1.54, 1.807) is 7.05 Å². The van der Waals surface area contributed by atoms with Gasteiger partial charge in [-0.2, -0.15) is 0 Å². The number of rotatable bonds is 6. The van der Waals surface area contributed by atoms with Gasteiger partial charge in [-0.25, -0.2) is 9.97 Å². The van der Waals surface area contributed by atoms with Gasteiger partial charge in [-0.3, -0.25) is 4.99 Å². The standard InChI is InChI=1S/C14H21N3O2/c1-5-6-7-13(11(3)15-4)19-14-12(8-18)10(2)16-9-17-14/h7,9,18H,5-6,8H2,1-4H3/b13-7+,15-11?. The smallest absolute Gasteiger partial charge is 0.228 e. The van der Waals surface area contributed by atoms with Crippen LogP contribution >= 0.6 is 0 Å². The van der Waals surface area contributed by atoms with E-state index >= 15 is 0 Å². The van der Waals surface area contributed by atoms with Crippen molar-refractivity contribution in [2.24, 2.45) is 4.99 Å². The number of ether oxygens (including phenoxy) is 1. The highest BCUT2D eigenvalue weighted by Crippen LogP contribution is 2.20. The van der Waals surface area contributed by atoms with Crippen LogP contribution in [0.5, 0.6) is 5.88 Å². The van der Waals surface area contributed by atoms with Crippen LogP contribution in [0.1, 0.15) is 37.9 Å². The van der Waals surface area contributed by atoms with Crippen molar-refractivity contribution in [1.29, 1.82) is 0 Å². The monoisotopic (exact) mass is 263 g/mol. The zero-order chi connectivity index (χ0) is 14.3. The van der Waals surface area contributed by atoms with E-state index in [4.69, 9.17) is 4.74 Å². The predicted molar refractivity (Wildman–Crippen MR) is 75.3 cm³/mol. The maximum atomic E-state index is 9.37. The van der Waals surface area contributed by atoms with E-state index in [0.29, 0.717) is 22.9 Å². The van der Waals surface area contributed by atoms with Crippen molar-refractivity contribution in [2.75, 3.05) is 7.05 Å². The SMILES string of the molecule is CCC/C=C(/Oc1ncnc(C)c1CO)C(C)=NC. The molecule has 1 aromatic rings. The van der Waals surface area contributed by atoms with Crippen LogP contribution in [0.4, 0.5) is 0 Å². The van der Waals surface area contributed by atoms with Crippen molar-refractivity contribution < 1.29 is 9.84 Å². The van der Waals surface area contributed by atoms with Gasteiger partial charge in [-0.15, -0.1) is 0 Å². The van der Waals surface area contributed by atoms with E-state index in [0.717, 1.165) is 18.6 Å². The maximum Gasteiger partial charge on any atom is 0.228 e. The molecule has 1 aromatic heterocycles. The van der Waals surface area contributed by atoms with Crippen LogP contribution in [0.3, 0.4) is 0 Å². The summed E-state index contributed by atoms with van der Waals surface area (Å²) in [5.74, 6) is 1.07. The molecule has 0 amide bonds. The summed E-state index contributed by atoms with van der Waals surface area (Å²) in [5, 5.41) is 9.37. The first-order valence-corrected chi connectivity index (χ1v) is 6.37. The van der Waals surface area contributed by atoms with E-state index in [2.05, 4.69) is 21.9 Å². The second-order valence-corrected chi connectivity index (χ2v) is 4.17. The molecule has 5 heteroatoms. The fourth-order valence-corrected chi connectivity index (χ4v) is 1.50. The number of hydrogen-bond acceptors (Lipinski definition) is 5. The molecule has 1 N–H and O–H groups in total. The number of allylic oxidation sites excluding steroid dienone is 2. The van der Waals surface area contributed by atoms with Crippen LogP contribution in [-0.2, 0) is 6.61 Å². The van der Waals surface area contributed by atoms with E-state index in [1.807, 2.05) is 19.9 Å². The molecular formula is C14H21N3O2. The number of aliphatic hydroxyl groups excluding tert-OH is 1. The Kier molecular flexibility index (Phi) is 6.15. The number of aryl methyl sites for hydroxylation is 1. The summed E-state index contributed by atoms with van der Waals surface area (Å²) in [7, 11) is 1.72. The normalized spacial score (nSPS) is 12.7. The number of unbranched alkanes of at least 4 members (excludes halogenated alkanes) is 1. The van der Waals surface area contributed by atoms with Crippen molar-refractivity contribution >= 4 is 5.71 Å². The molecule has 0 spiro atoms. The summed E-state index contributed by atoms with van der Waals surface area (Å²) >= 11 is 0. The van der Waals surface area contributed by atoms with Crippen LogP contribution in [-0.4, -0.2) is 27.8 Å². The molecule has 0 unspecified atom stereocenters. The molecule has 0 aromatic carbocycles. The molecule has 104 valence electrons. The number of aliphatic hydroxyl groups is 1. The van der Waals surface area contributed by atoms with Gasteiger partial charge in [-0.1, -0.05) is 13.3 Å². The fraction of sp³-hybridized carbons (Fsp3) is 0.500. The molecule has 0 aliphatic rings. The molecule has 0 saturated carbocycles. The van der Waals surface area contributed by atoms with Gasteiger partial charge in [0.15, 0.2) is 0 Å². The van der Waals surface area contributed by atoms with E-state index in [9.17, 15) is 5.11 Å². The van der Waals surface area contributed by atoms with Crippen molar-refractivity contribution in [3.05, 3.63) is 29.4 Å².